The molecule has 0 atom stereocenters. The average Bonchev–Trinajstić information content (AvgIpc) is 3.28. The summed E-state index contributed by atoms with van der Waals surface area (Å²) in [5.74, 6) is -0.436. The number of rotatable bonds is 8. The predicted octanol–water partition coefficient (Wildman–Crippen LogP) is 4.77. The molecule has 4 aromatic rings. The number of hydrogen-bond donors (Lipinski definition) is 2. The molecule has 0 fully saturated rings. The van der Waals surface area contributed by atoms with E-state index in [0.29, 0.717) is 28.1 Å². The minimum Gasteiger partial charge on any atom is -0.350 e. The lowest BCUT2D eigenvalue weighted by molar-refractivity contribution is -0.384. The third kappa shape index (κ3) is 5.82. The van der Waals surface area contributed by atoms with Crippen LogP contribution in [0.1, 0.15) is 29.8 Å². The second-order valence-electron chi connectivity index (χ2n) is 8.52. The standard InChI is InChI=1S/C27H25N5O4/c1-18(2)28-27(34)20-8-12-22(13-9-20)29-25(33)16-21-17-31(23-6-4-3-5-7-23)30-26(21)19-10-14-24(15-11-19)32(35)36/h3-15,17-18H,16H2,1-2H3,(H,28,34)(H,29,33). The lowest BCUT2D eigenvalue weighted by Gasteiger charge is -2.09. The first-order valence-corrected chi connectivity index (χ1v) is 11.4. The molecule has 0 radical (unpaired) electrons. The van der Waals surface area contributed by atoms with Gasteiger partial charge in [-0.1, -0.05) is 18.2 Å². The Balaban J connectivity index is 1.56. The Hall–Kier alpha value is -4.79. The van der Waals surface area contributed by atoms with Gasteiger partial charge in [-0.3, -0.25) is 19.7 Å². The highest BCUT2D eigenvalue weighted by atomic mass is 16.6. The molecule has 0 aliphatic heterocycles. The van der Waals surface area contributed by atoms with Crippen molar-refractivity contribution in [2.75, 3.05) is 5.32 Å². The van der Waals surface area contributed by atoms with Crippen LogP contribution in [0.15, 0.2) is 85.1 Å². The molecule has 0 spiro atoms. The molecule has 182 valence electrons. The number of nitrogens with one attached hydrogen (secondary N) is 2. The maximum atomic E-state index is 12.9. The van der Waals surface area contributed by atoms with E-state index in [1.807, 2.05) is 44.2 Å². The van der Waals surface area contributed by atoms with Crippen molar-refractivity contribution in [3.8, 4) is 16.9 Å². The summed E-state index contributed by atoms with van der Waals surface area (Å²) >= 11 is 0. The van der Waals surface area contributed by atoms with E-state index >= 15 is 0 Å². The van der Waals surface area contributed by atoms with Crippen molar-refractivity contribution in [2.45, 2.75) is 26.3 Å². The van der Waals surface area contributed by atoms with E-state index in [-0.39, 0.29) is 30.0 Å². The summed E-state index contributed by atoms with van der Waals surface area (Å²) < 4.78 is 1.68. The maximum absolute atomic E-state index is 12.9. The third-order valence-electron chi connectivity index (χ3n) is 5.36. The summed E-state index contributed by atoms with van der Waals surface area (Å²) in [6.07, 6.45) is 1.82. The lowest BCUT2D eigenvalue weighted by Crippen LogP contribution is -2.30. The molecule has 36 heavy (non-hydrogen) atoms. The molecule has 0 bridgehead atoms. The molecule has 2 amide bonds. The van der Waals surface area contributed by atoms with Crippen LogP contribution >= 0.6 is 0 Å². The van der Waals surface area contributed by atoms with Crippen molar-refractivity contribution < 1.29 is 14.5 Å². The summed E-state index contributed by atoms with van der Waals surface area (Å²) in [5, 5.41) is 21.4. The minimum atomic E-state index is -0.460. The van der Waals surface area contributed by atoms with Gasteiger partial charge in [-0.15, -0.1) is 0 Å². The van der Waals surface area contributed by atoms with Gasteiger partial charge in [0.2, 0.25) is 5.91 Å². The van der Waals surface area contributed by atoms with Crippen LogP contribution in [-0.4, -0.2) is 32.6 Å². The van der Waals surface area contributed by atoms with E-state index in [0.717, 1.165) is 5.69 Å². The molecule has 9 nitrogen and oxygen atoms in total. The first kappa shape index (κ1) is 24.3. The number of aromatic nitrogens is 2. The molecule has 2 N–H and O–H groups in total. The van der Waals surface area contributed by atoms with Crippen molar-refractivity contribution in [1.29, 1.82) is 0 Å². The fourth-order valence-corrected chi connectivity index (χ4v) is 3.66. The number of nitro groups is 1. The average molecular weight is 484 g/mol. The van der Waals surface area contributed by atoms with Gasteiger partial charge >= 0.3 is 0 Å². The second kappa shape index (κ2) is 10.6. The molecule has 0 unspecified atom stereocenters. The van der Waals surface area contributed by atoms with E-state index in [1.54, 1.807) is 47.3 Å². The summed E-state index contributed by atoms with van der Waals surface area (Å²) in [6, 6.07) is 22.2. The maximum Gasteiger partial charge on any atom is 0.269 e. The largest absolute Gasteiger partial charge is 0.350 e. The molecule has 0 aliphatic carbocycles. The predicted molar refractivity (Wildman–Crippen MR) is 137 cm³/mol. The SMILES string of the molecule is CC(C)NC(=O)c1ccc(NC(=O)Cc2cn(-c3ccccc3)nc2-c2ccc([N+](=O)[O-])cc2)cc1. The number of nitro benzene ring substituents is 1. The topological polar surface area (TPSA) is 119 Å². The zero-order chi connectivity index (χ0) is 25.7. The van der Waals surface area contributed by atoms with Gasteiger partial charge in [0.1, 0.15) is 0 Å². The number of para-hydroxylation sites is 1. The first-order valence-electron chi connectivity index (χ1n) is 11.4. The number of non-ortho nitro benzene ring substituents is 1. The number of carbonyl (C=O) groups excluding carboxylic acids is 2. The van der Waals surface area contributed by atoms with Crippen LogP contribution in [0, 0.1) is 10.1 Å². The Morgan fingerprint density at radius 3 is 2.25 bits per heavy atom. The monoisotopic (exact) mass is 483 g/mol. The smallest absolute Gasteiger partial charge is 0.269 e. The van der Waals surface area contributed by atoms with Gasteiger partial charge in [0, 0.05) is 46.7 Å². The number of hydrogen-bond acceptors (Lipinski definition) is 5. The van der Waals surface area contributed by atoms with Crippen LogP contribution in [0.5, 0.6) is 0 Å². The summed E-state index contributed by atoms with van der Waals surface area (Å²) in [4.78, 5) is 35.6. The van der Waals surface area contributed by atoms with Crippen molar-refractivity contribution >= 4 is 23.2 Å². The van der Waals surface area contributed by atoms with Crippen molar-refractivity contribution in [2.24, 2.45) is 0 Å². The van der Waals surface area contributed by atoms with Gasteiger partial charge in [-0.05, 0) is 62.4 Å². The highest BCUT2D eigenvalue weighted by Crippen LogP contribution is 2.26. The molecule has 3 aromatic carbocycles. The van der Waals surface area contributed by atoms with Crippen LogP contribution in [0.4, 0.5) is 11.4 Å². The summed E-state index contributed by atoms with van der Waals surface area (Å²) in [5.41, 5.74) is 3.76. The molecule has 1 aromatic heterocycles. The number of benzene rings is 3. The van der Waals surface area contributed by atoms with E-state index in [9.17, 15) is 19.7 Å². The molecule has 1 heterocycles. The first-order chi connectivity index (χ1) is 17.3. The zero-order valence-corrected chi connectivity index (χ0v) is 19.8. The fourth-order valence-electron chi connectivity index (χ4n) is 3.66. The van der Waals surface area contributed by atoms with Gasteiger partial charge in [0.15, 0.2) is 0 Å². The Labute approximate surface area is 207 Å². The van der Waals surface area contributed by atoms with E-state index in [4.69, 9.17) is 0 Å². The summed E-state index contributed by atoms with van der Waals surface area (Å²) in [6.45, 7) is 3.77. The second-order valence-corrected chi connectivity index (χ2v) is 8.52. The Morgan fingerprint density at radius 2 is 1.64 bits per heavy atom. The van der Waals surface area contributed by atoms with Gasteiger partial charge < -0.3 is 10.6 Å². The lowest BCUT2D eigenvalue weighted by atomic mass is 10.1. The van der Waals surface area contributed by atoms with Crippen LogP contribution in [0.3, 0.4) is 0 Å². The van der Waals surface area contributed by atoms with E-state index in [1.165, 1.54) is 12.1 Å². The number of nitrogens with zero attached hydrogens (tertiary/aromatic N) is 3. The van der Waals surface area contributed by atoms with Crippen LogP contribution in [-0.2, 0) is 11.2 Å². The van der Waals surface area contributed by atoms with Gasteiger partial charge in [0.25, 0.3) is 11.6 Å². The van der Waals surface area contributed by atoms with E-state index < -0.39 is 4.92 Å². The molecular formula is C27H25N5O4. The molecular weight excluding hydrogens is 458 g/mol. The Morgan fingerprint density at radius 1 is 0.972 bits per heavy atom. The number of amides is 2. The fraction of sp³-hybridized carbons (Fsp3) is 0.148. The number of carbonyl (C=O) groups is 2. The Kier molecular flexibility index (Phi) is 7.20. The highest BCUT2D eigenvalue weighted by Gasteiger charge is 2.17. The summed E-state index contributed by atoms with van der Waals surface area (Å²) in [7, 11) is 0. The quantitative estimate of drug-likeness (QED) is 0.276. The minimum absolute atomic E-state index is 0.0222. The molecule has 0 saturated carbocycles. The zero-order valence-electron chi connectivity index (χ0n) is 19.8. The molecule has 9 heteroatoms. The van der Waals surface area contributed by atoms with Crippen molar-refractivity contribution in [1.82, 2.24) is 15.1 Å². The highest BCUT2D eigenvalue weighted by molar-refractivity contribution is 5.96. The molecule has 0 aliphatic rings. The molecule has 0 saturated heterocycles. The van der Waals surface area contributed by atoms with Gasteiger partial charge in [0.05, 0.1) is 22.7 Å². The van der Waals surface area contributed by atoms with Crippen LogP contribution < -0.4 is 10.6 Å². The number of anilines is 1. The van der Waals surface area contributed by atoms with E-state index in [2.05, 4.69) is 15.7 Å². The van der Waals surface area contributed by atoms with Crippen molar-refractivity contribution in [3.63, 3.8) is 0 Å². The van der Waals surface area contributed by atoms with Crippen LogP contribution in [0.2, 0.25) is 0 Å². The third-order valence-corrected chi connectivity index (χ3v) is 5.36. The Bertz CT molecular complexity index is 1380. The normalized spacial score (nSPS) is 10.8. The van der Waals surface area contributed by atoms with Crippen molar-refractivity contribution in [3.05, 3.63) is 106 Å². The van der Waals surface area contributed by atoms with Gasteiger partial charge in [-0.2, -0.15) is 5.10 Å². The van der Waals surface area contributed by atoms with Gasteiger partial charge in [-0.25, -0.2) is 4.68 Å². The molecule has 4 rings (SSSR count). The van der Waals surface area contributed by atoms with Crippen LogP contribution in [0.25, 0.3) is 16.9 Å².